The Labute approximate surface area is 123 Å². The van der Waals surface area contributed by atoms with Crippen LogP contribution in [0.1, 0.15) is 5.56 Å². The molecule has 5 nitrogen and oxygen atoms in total. The maximum Gasteiger partial charge on any atom is 0.213 e. The molecule has 0 bridgehead atoms. The van der Waals surface area contributed by atoms with Gasteiger partial charge in [-0.3, -0.25) is 0 Å². The number of para-hydroxylation sites is 2. The van der Waals surface area contributed by atoms with Gasteiger partial charge in [0.2, 0.25) is 5.88 Å². The molecule has 1 aromatic heterocycles. The molecule has 2 aromatic rings. The van der Waals surface area contributed by atoms with Crippen LogP contribution in [0.3, 0.4) is 0 Å². The van der Waals surface area contributed by atoms with Gasteiger partial charge in [-0.25, -0.2) is 4.98 Å². The van der Waals surface area contributed by atoms with Gasteiger partial charge in [0.1, 0.15) is 11.9 Å². The van der Waals surface area contributed by atoms with Crippen molar-refractivity contribution in [2.75, 3.05) is 25.2 Å². The molecule has 0 aliphatic carbocycles. The summed E-state index contributed by atoms with van der Waals surface area (Å²) in [6.45, 7) is 1.37. The van der Waals surface area contributed by atoms with Gasteiger partial charge in [-0.1, -0.05) is 12.1 Å². The Bertz CT molecular complexity index is 618. The molecule has 0 fully saturated rings. The summed E-state index contributed by atoms with van der Waals surface area (Å²) in [5.41, 5.74) is 2.15. The molecule has 0 saturated heterocycles. The summed E-state index contributed by atoms with van der Waals surface area (Å²) in [5.74, 6) is 1.41. The number of aliphatic hydroxyl groups excluding tert-OH is 1. The first-order chi connectivity index (χ1) is 10.3. The first kappa shape index (κ1) is 13.7. The van der Waals surface area contributed by atoms with Crippen molar-refractivity contribution in [2.24, 2.45) is 0 Å². The van der Waals surface area contributed by atoms with Gasteiger partial charge in [0.25, 0.3) is 0 Å². The normalized spacial score (nSPS) is 17.0. The fourth-order valence-electron chi connectivity index (χ4n) is 2.50. The molecular weight excluding hydrogens is 268 g/mol. The van der Waals surface area contributed by atoms with Crippen LogP contribution in [0, 0.1) is 0 Å². The number of aliphatic hydroxyl groups is 1. The molecule has 1 unspecified atom stereocenters. The second kappa shape index (κ2) is 6.01. The lowest BCUT2D eigenvalue weighted by atomic mass is 10.1. The number of ether oxygens (including phenoxy) is 2. The number of hydrogen-bond donors (Lipinski definition) is 1. The average Bonchev–Trinajstić information content (AvgIpc) is 2.55. The Kier molecular flexibility index (Phi) is 3.92. The Balaban J connectivity index is 1.86. The summed E-state index contributed by atoms with van der Waals surface area (Å²) in [7, 11) is 1.61. The minimum absolute atomic E-state index is 0.00446. The number of nitrogens with zero attached hydrogens (tertiary/aromatic N) is 2. The molecule has 5 heteroatoms. The Hall–Kier alpha value is -2.27. The largest absolute Gasteiger partial charge is 0.484 e. The van der Waals surface area contributed by atoms with Crippen LogP contribution in [0.25, 0.3) is 0 Å². The number of anilines is 1. The van der Waals surface area contributed by atoms with Crippen molar-refractivity contribution >= 4 is 5.69 Å². The van der Waals surface area contributed by atoms with Crippen LogP contribution in [0.2, 0.25) is 0 Å². The molecule has 21 heavy (non-hydrogen) atoms. The lowest BCUT2D eigenvalue weighted by molar-refractivity contribution is 0.112. The predicted molar refractivity (Wildman–Crippen MR) is 79.8 cm³/mol. The Morgan fingerprint density at radius 2 is 2.24 bits per heavy atom. The van der Waals surface area contributed by atoms with E-state index in [0.717, 1.165) is 23.5 Å². The molecule has 0 spiro atoms. The monoisotopic (exact) mass is 286 g/mol. The Morgan fingerprint density at radius 3 is 3.05 bits per heavy atom. The second-order valence-corrected chi connectivity index (χ2v) is 4.98. The van der Waals surface area contributed by atoms with E-state index in [2.05, 4.69) is 9.88 Å². The molecule has 0 saturated carbocycles. The molecule has 0 amide bonds. The third-order valence-corrected chi connectivity index (χ3v) is 3.51. The highest BCUT2D eigenvalue weighted by Gasteiger charge is 2.24. The van der Waals surface area contributed by atoms with E-state index in [9.17, 15) is 5.11 Å². The van der Waals surface area contributed by atoms with Gasteiger partial charge in [-0.15, -0.1) is 0 Å². The number of aromatic nitrogens is 1. The smallest absolute Gasteiger partial charge is 0.213 e. The van der Waals surface area contributed by atoms with Gasteiger partial charge in [0.15, 0.2) is 0 Å². The molecule has 1 aliphatic rings. The van der Waals surface area contributed by atoms with Crippen molar-refractivity contribution in [1.82, 2.24) is 4.98 Å². The number of fused-ring (bicyclic) bond motifs is 1. The second-order valence-electron chi connectivity index (χ2n) is 4.98. The SMILES string of the molecule is COc1cc(CN2CC(CO)Oc3ccccc32)ccn1. The quantitative estimate of drug-likeness (QED) is 0.929. The fraction of sp³-hybridized carbons (Fsp3) is 0.312. The van der Waals surface area contributed by atoms with E-state index in [1.165, 1.54) is 0 Å². The van der Waals surface area contributed by atoms with Crippen molar-refractivity contribution in [1.29, 1.82) is 0 Å². The van der Waals surface area contributed by atoms with Crippen LogP contribution in [0.5, 0.6) is 11.6 Å². The van der Waals surface area contributed by atoms with Gasteiger partial charge >= 0.3 is 0 Å². The van der Waals surface area contributed by atoms with Crippen molar-refractivity contribution in [2.45, 2.75) is 12.6 Å². The lowest BCUT2D eigenvalue weighted by Gasteiger charge is -2.35. The highest BCUT2D eigenvalue weighted by Crippen LogP contribution is 2.34. The molecule has 1 aromatic carbocycles. The van der Waals surface area contributed by atoms with E-state index in [4.69, 9.17) is 9.47 Å². The average molecular weight is 286 g/mol. The van der Waals surface area contributed by atoms with Crippen LogP contribution in [0.4, 0.5) is 5.69 Å². The first-order valence-corrected chi connectivity index (χ1v) is 6.90. The highest BCUT2D eigenvalue weighted by molar-refractivity contribution is 5.60. The predicted octanol–water partition coefficient (Wildman–Crippen LogP) is 1.85. The van der Waals surface area contributed by atoms with Crippen LogP contribution >= 0.6 is 0 Å². The zero-order chi connectivity index (χ0) is 14.7. The van der Waals surface area contributed by atoms with Crippen LogP contribution in [0.15, 0.2) is 42.6 Å². The van der Waals surface area contributed by atoms with Crippen LogP contribution < -0.4 is 14.4 Å². The van der Waals surface area contributed by atoms with Crippen molar-refractivity contribution in [3.63, 3.8) is 0 Å². The molecule has 1 aliphatic heterocycles. The van der Waals surface area contributed by atoms with Crippen molar-refractivity contribution in [3.8, 4) is 11.6 Å². The number of benzene rings is 1. The van der Waals surface area contributed by atoms with Crippen LogP contribution in [-0.4, -0.2) is 36.5 Å². The fourth-order valence-corrected chi connectivity index (χ4v) is 2.50. The number of methoxy groups -OCH3 is 1. The van der Waals surface area contributed by atoms with E-state index < -0.39 is 0 Å². The third-order valence-electron chi connectivity index (χ3n) is 3.51. The maximum absolute atomic E-state index is 9.40. The van der Waals surface area contributed by atoms with E-state index in [0.29, 0.717) is 12.4 Å². The van der Waals surface area contributed by atoms with Gasteiger partial charge in [-0.2, -0.15) is 0 Å². The molecule has 110 valence electrons. The summed E-state index contributed by atoms with van der Waals surface area (Å²) < 4.78 is 10.9. The van der Waals surface area contributed by atoms with Crippen molar-refractivity contribution in [3.05, 3.63) is 48.2 Å². The standard InChI is InChI=1S/C16H18N2O3/c1-20-16-8-12(6-7-17-16)9-18-10-13(11-19)21-15-5-3-2-4-14(15)18/h2-8,13,19H,9-11H2,1H3. The summed E-state index contributed by atoms with van der Waals surface area (Å²) >= 11 is 0. The summed E-state index contributed by atoms with van der Waals surface area (Å²) in [6.07, 6.45) is 1.54. The van der Waals surface area contributed by atoms with E-state index >= 15 is 0 Å². The number of rotatable bonds is 4. The van der Waals surface area contributed by atoms with Crippen LogP contribution in [-0.2, 0) is 6.54 Å². The molecule has 0 radical (unpaired) electrons. The molecule has 2 heterocycles. The number of pyridine rings is 1. The number of hydrogen-bond acceptors (Lipinski definition) is 5. The zero-order valence-electron chi connectivity index (χ0n) is 11.9. The van der Waals surface area contributed by atoms with E-state index in [1.54, 1.807) is 13.3 Å². The zero-order valence-corrected chi connectivity index (χ0v) is 11.9. The van der Waals surface area contributed by atoms with Gasteiger partial charge < -0.3 is 19.5 Å². The third kappa shape index (κ3) is 2.92. The molecule has 3 rings (SSSR count). The van der Waals surface area contributed by atoms with Gasteiger partial charge in [0.05, 0.1) is 25.9 Å². The summed E-state index contributed by atoms with van der Waals surface area (Å²) in [6, 6.07) is 11.8. The molecular formula is C16H18N2O3. The highest BCUT2D eigenvalue weighted by atomic mass is 16.5. The molecule has 1 N–H and O–H groups in total. The summed E-state index contributed by atoms with van der Waals surface area (Å²) in [4.78, 5) is 6.32. The van der Waals surface area contributed by atoms with Crippen molar-refractivity contribution < 1.29 is 14.6 Å². The first-order valence-electron chi connectivity index (χ1n) is 6.90. The summed E-state index contributed by atoms with van der Waals surface area (Å²) in [5, 5.41) is 9.40. The lowest BCUT2D eigenvalue weighted by Crippen LogP contribution is -2.41. The maximum atomic E-state index is 9.40. The van der Waals surface area contributed by atoms with E-state index in [-0.39, 0.29) is 12.7 Å². The van der Waals surface area contributed by atoms with Gasteiger partial charge in [0, 0.05) is 18.8 Å². The Morgan fingerprint density at radius 1 is 1.38 bits per heavy atom. The minimum Gasteiger partial charge on any atom is -0.484 e. The minimum atomic E-state index is -0.205. The van der Waals surface area contributed by atoms with Gasteiger partial charge in [-0.05, 0) is 23.8 Å². The van der Waals surface area contributed by atoms with E-state index in [1.807, 2.05) is 36.4 Å². The molecule has 1 atom stereocenters. The topological polar surface area (TPSA) is 54.8 Å².